The van der Waals surface area contributed by atoms with Gasteiger partial charge in [0.1, 0.15) is 5.69 Å². The first-order valence-corrected chi connectivity index (χ1v) is 7.76. The van der Waals surface area contributed by atoms with Crippen LogP contribution in [0, 0.1) is 5.41 Å². The molecular formula is C14H23N3O3S. The van der Waals surface area contributed by atoms with Crippen LogP contribution in [0.25, 0.3) is 0 Å². The highest BCUT2D eigenvalue weighted by molar-refractivity contribution is 7.09. The van der Waals surface area contributed by atoms with Crippen molar-refractivity contribution < 1.29 is 14.7 Å². The van der Waals surface area contributed by atoms with Crippen molar-refractivity contribution in [1.82, 2.24) is 10.3 Å². The molecule has 118 valence electrons. The number of carbonyl (C=O) groups excluding carboxylic acids is 1. The molecule has 1 aromatic heterocycles. The van der Waals surface area contributed by atoms with E-state index in [1.54, 1.807) is 5.38 Å². The number of rotatable bonds is 7. The van der Waals surface area contributed by atoms with Gasteiger partial charge >= 0.3 is 5.97 Å². The van der Waals surface area contributed by atoms with E-state index in [9.17, 15) is 9.59 Å². The Morgan fingerprint density at radius 2 is 2.14 bits per heavy atom. The van der Waals surface area contributed by atoms with Crippen molar-refractivity contribution in [3.63, 3.8) is 0 Å². The highest BCUT2D eigenvalue weighted by Crippen LogP contribution is 2.22. The van der Waals surface area contributed by atoms with Gasteiger partial charge in [-0.25, -0.2) is 4.98 Å². The van der Waals surface area contributed by atoms with Gasteiger partial charge in [-0.05, 0) is 18.4 Å². The summed E-state index contributed by atoms with van der Waals surface area (Å²) in [7, 11) is 0. The summed E-state index contributed by atoms with van der Waals surface area (Å²) in [6.45, 7) is 6.52. The average Bonchev–Trinajstić information content (AvgIpc) is 2.74. The Morgan fingerprint density at radius 3 is 2.67 bits per heavy atom. The van der Waals surface area contributed by atoms with Crippen LogP contribution in [0.5, 0.6) is 0 Å². The van der Waals surface area contributed by atoms with Crippen molar-refractivity contribution in [3.8, 4) is 0 Å². The van der Waals surface area contributed by atoms with Crippen molar-refractivity contribution in [2.24, 2.45) is 11.1 Å². The summed E-state index contributed by atoms with van der Waals surface area (Å²) in [5, 5.41) is 14.2. The number of nitrogens with zero attached hydrogens (tertiary/aromatic N) is 1. The maximum Gasteiger partial charge on any atom is 0.305 e. The lowest BCUT2D eigenvalue weighted by atomic mass is 9.87. The van der Waals surface area contributed by atoms with Gasteiger partial charge in [0.2, 0.25) is 0 Å². The summed E-state index contributed by atoms with van der Waals surface area (Å²) >= 11 is 1.39. The van der Waals surface area contributed by atoms with E-state index in [1.165, 1.54) is 11.3 Å². The number of carboxylic acid groups (broad SMARTS) is 1. The normalized spacial score (nSPS) is 13.0. The van der Waals surface area contributed by atoms with Gasteiger partial charge < -0.3 is 16.2 Å². The molecule has 7 heteroatoms. The summed E-state index contributed by atoms with van der Waals surface area (Å²) in [4.78, 5) is 27.3. The third kappa shape index (κ3) is 6.68. The van der Waals surface area contributed by atoms with Gasteiger partial charge in [0.25, 0.3) is 5.91 Å². The van der Waals surface area contributed by atoms with Gasteiger partial charge in [0.05, 0.1) is 11.4 Å². The number of carboxylic acids is 1. The van der Waals surface area contributed by atoms with Crippen LogP contribution in [0.3, 0.4) is 0 Å². The maximum absolute atomic E-state index is 12.1. The number of carbonyl (C=O) groups is 2. The summed E-state index contributed by atoms with van der Waals surface area (Å²) in [6, 6.07) is -0.408. The summed E-state index contributed by atoms with van der Waals surface area (Å²) in [6.07, 6.45) is 1.13. The van der Waals surface area contributed by atoms with E-state index in [0.29, 0.717) is 25.1 Å². The minimum absolute atomic E-state index is 0.0693. The zero-order valence-corrected chi connectivity index (χ0v) is 13.5. The van der Waals surface area contributed by atoms with Crippen molar-refractivity contribution in [1.29, 1.82) is 0 Å². The molecule has 0 spiro atoms. The van der Waals surface area contributed by atoms with Gasteiger partial charge in [0, 0.05) is 17.8 Å². The minimum Gasteiger partial charge on any atom is -0.481 e. The molecule has 1 heterocycles. The first-order chi connectivity index (χ1) is 9.71. The second kappa shape index (κ2) is 7.51. The van der Waals surface area contributed by atoms with Crippen LogP contribution in [-0.4, -0.2) is 34.6 Å². The number of nitrogens with one attached hydrogen (secondary N) is 1. The maximum atomic E-state index is 12.1. The predicted molar refractivity (Wildman–Crippen MR) is 82.5 cm³/mol. The molecule has 4 N–H and O–H groups in total. The number of aliphatic carboxylic acids is 1. The molecule has 0 radical (unpaired) electrons. The molecule has 1 aromatic rings. The predicted octanol–water partition coefficient (Wildman–Crippen LogP) is 1.65. The Morgan fingerprint density at radius 1 is 1.48 bits per heavy atom. The molecular weight excluding hydrogens is 290 g/mol. The number of nitrogens with two attached hydrogens (primary N) is 1. The number of aromatic nitrogens is 1. The summed E-state index contributed by atoms with van der Waals surface area (Å²) < 4.78 is 0. The monoisotopic (exact) mass is 313 g/mol. The van der Waals surface area contributed by atoms with E-state index in [1.807, 2.05) is 20.8 Å². The fraction of sp³-hybridized carbons (Fsp3) is 0.643. The molecule has 6 nitrogen and oxygen atoms in total. The smallest absolute Gasteiger partial charge is 0.305 e. The summed E-state index contributed by atoms with van der Waals surface area (Å²) in [5.41, 5.74) is 5.71. The fourth-order valence-corrected chi connectivity index (χ4v) is 2.83. The van der Waals surface area contributed by atoms with Gasteiger partial charge in [-0.2, -0.15) is 0 Å². The first-order valence-electron chi connectivity index (χ1n) is 6.88. The van der Waals surface area contributed by atoms with Gasteiger partial charge in [0.15, 0.2) is 0 Å². The molecule has 0 aliphatic carbocycles. The largest absolute Gasteiger partial charge is 0.481 e. The van der Waals surface area contributed by atoms with Crippen molar-refractivity contribution >= 4 is 23.2 Å². The third-order valence-electron chi connectivity index (χ3n) is 2.76. The van der Waals surface area contributed by atoms with Crippen LogP contribution in [0.4, 0.5) is 0 Å². The van der Waals surface area contributed by atoms with Crippen LogP contribution in [0.2, 0.25) is 0 Å². The second-order valence-electron chi connectivity index (χ2n) is 6.20. The van der Waals surface area contributed by atoms with E-state index in [4.69, 9.17) is 10.8 Å². The SMILES string of the molecule is CC(C)(C)CC(CC(=O)O)NC(=O)c1csc(CCN)n1. The number of amides is 1. The highest BCUT2D eigenvalue weighted by atomic mass is 32.1. The lowest BCUT2D eigenvalue weighted by molar-refractivity contribution is -0.137. The Kier molecular flexibility index (Phi) is 6.29. The van der Waals surface area contributed by atoms with Crippen LogP contribution < -0.4 is 11.1 Å². The third-order valence-corrected chi connectivity index (χ3v) is 3.67. The second-order valence-corrected chi connectivity index (χ2v) is 7.14. The molecule has 0 aliphatic heterocycles. The quantitative estimate of drug-likeness (QED) is 0.710. The molecule has 0 aliphatic rings. The Labute approximate surface area is 128 Å². The van der Waals surface area contributed by atoms with E-state index in [-0.39, 0.29) is 17.7 Å². The highest BCUT2D eigenvalue weighted by Gasteiger charge is 2.24. The van der Waals surface area contributed by atoms with Crippen molar-refractivity contribution in [3.05, 3.63) is 16.1 Å². The molecule has 0 fully saturated rings. The van der Waals surface area contributed by atoms with Crippen molar-refractivity contribution in [2.75, 3.05) is 6.54 Å². The Hall–Kier alpha value is -1.47. The van der Waals surface area contributed by atoms with Crippen LogP contribution >= 0.6 is 11.3 Å². The van der Waals surface area contributed by atoms with E-state index < -0.39 is 12.0 Å². The number of hydrogen-bond donors (Lipinski definition) is 3. The lowest BCUT2D eigenvalue weighted by Gasteiger charge is -2.25. The van der Waals surface area contributed by atoms with Crippen LogP contribution in [-0.2, 0) is 11.2 Å². The molecule has 0 bridgehead atoms. The molecule has 1 amide bonds. The molecule has 1 atom stereocenters. The van der Waals surface area contributed by atoms with E-state index in [2.05, 4.69) is 10.3 Å². The molecule has 0 aromatic carbocycles. The topological polar surface area (TPSA) is 105 Å². The zero-order valence-electron chi connectivity index (χ0n) is 12.7. The molecule has 1 unspecified atom stereocenters. The van der Waals surface area contributed by atoms with E-state index >= 15 is 0 Å². The molecule has 21 heavy (non-hydrogen) atoms. The zero-order chi connectivity index (χ0) is 16.0. The van der Waals surface area contributed by atoms with Gasteiger partial charge in [-0.15, -0.1) is 11.3 Å². The first kappa shape index (κ1) is 17.6. The summed E-state index contributed by atoms with van der Waals surface area (Å²) in [5.74, 6) is -1.25. The minimum atomic E-state index is -0.924. The van der Waals surface area contributed by atoms with Gasteiger partial charge in [-0.3, -0.25) is 9.59 Å². The molecule has 0 saturated heterocycles. The molecule has 0 saturated carbocycles. The standard InChI is InChI=1S/C14H23N3O3S/c1-14(2,3)7-9(6-12(18)19)16-13(20)10-8-21-11(17-10)4-5-15/h8-9H,4-7,15H2,1-3H3,(H,16,20)(H,18,19). The van der Waals surface area contributed by atoms with Crippen LogP contribution in [0.1, 0.15) is 49.1 Å². The van der Waals surface area contributed by atoms with Crippen molar-refractivity contribution in [2.45, 2.75) is 46.1 Å². The average molecular weight is 313 g/mol. The number of hydrogen-bond acceptors (Lipinski definition) is 5. The van der Waals surface area contributed by atoms with E-state index in [0.717, 1.165) is 5.01 Å². The Balaban J connectivity index is 2.71. The fourth-order valence-electron chi connectivity index (χ4n) is 2.04. The number of thiazole rings is 1. The van der Waals surface area contributed by atoms with Gasteiger partial charge in [-0.1, -0.05) is 20.8 Å². The lowest BCUT2D eigenvalue weighted by Crippen LogP contribution is -2.39. The van der Waals surface area contributed by atoms with Crippen LogP contribution in [0.15, 0.2) is 5.38 Å². The molecule has 1 rings (SSSR count). The Bertz CT molecular complexity index is 494.